The second kappa shape index (κ2) is 3.32. The quantitative estimate of drug-likeness (QED) is 0.476. The van der Waals surface area contributed by atoms with Crippen molar-refractivity contribution in [2.45, 2.75) is 12.3 Å². The molecule has 0 radical (unpaired) electrons. The summed E-state index contributed by atoms with van der Waals surface area (Å²) in [5.74, 6) is 0. The van der Waals surface area contributed by atoms with Gasteiger partial charge in [-0.15, -0.1) is 0 Å². The van der Waals surface area contributed by atoms with Crippen LogP contribution >= 0.6 is 0 Å². The predicted octanol–water partition coefficient (Wildman–Crippen LogP) is 2.08. The van der Waals surface area contributed by atoms with E-state index < -0.39 is 18.0 Å². The van der Waals surface area contributed by atoms with Gasteiger partial charge in [-0.1, -0.05) is 0 Å². The first-order chi connectivity index (χ1) is 5.93. The molecule has 72 valence electrons. The Bertz CT molecular complexity index is 294. The van der Waals surface area contributed by atoms with E-state index in [1.807, 2.05) is 0 Å². The highest BCUT2D eigenvalue weighted by Gasteiger charge is 2.45. The van der Waals surface area contributed by atoms with E-state index in [0.717, 1.165) is 10.6 Å². The standard InChI is InChI=1S/C8H8F4N/c1-13-5-3-2-4-6(13)7(9)8(10,11)12/h2-5,7H,1H3/q+1/t7-/m1/s1. The van der Waals surface area contributed by atoms with Gasteiger partial charge in [-0.25, -0.2) is 8.96 Å². The zero-order valence-corrected chi connectivity index (χ0v) is 6.85. The SMILES string of the molecule is C[n+]1ccccc1[C@@H](F)C(F)(F)F. The molecule has 0 saturated carbocycles. The third kappa shape index (κ3) is 2.17. The fourth-order valence-electron chi connectivity index (χ4n) is 0.968. The number of hydrogen-bond acceptors (Lipinski definition) is 0. The van der Waals surface area contributed by atoms with Gasteiger partial charge in [0.1, 0.15) is 7.05 Å². The molecule has 13 heavy (non-hydrogen) atoms. The van der Waals surface area contributed by atoms with Crippen LogP contribution in [0.25, 0.3) is 0 Å². The normalized spacial score (nSPS) is 14.2. The number of alkyl halides is 4. The number of aryl methyl sites for hydroxylation is 1. The Kier molecular flexibility index (Phi) is 2.54. The Morgan fingerprint density at radius 2 is 1.92 bits per heavy atom. The van der Waals surface area contributed by atoms with Crippen molar-refractivity contribution in [3.8, 4) is 0 Å². The van der Waals surface area contributed by atoms with E-state index in [9.17, 15) is 17.6 Å². The third-order valence-corrected chi connectivity index (χ3v) is 1.64. The monoisotopic (exact) mass is 194 g/mol. The van der Waals surface area contributed by atoms with Crippen molar-refractivity contribution in [1.29, 1.82) is 0 Å². The van der Waals surface area contributed by atoms with Gasteiger partial charge in [-0.3, -0.25) is 0 Å². The summed E-state index contributed by atoms with van der Waals surface area (Å²) in [5.41, 5.74) is -0.394. The van der Waals surface area contributed by atoms with Crippen molar-refractivity contribution in [2.75, 3.05) is 0 Å². The van der Waals surface area contributed by atoms with Crippen LogP contribution in [-0.2, 0) is 7.05 Å². The lowest BCUT2D eigenvalue weighted by Crippen LogP contribution is -2.37. The Morgan fingerprint density at radius 1 is 1.31 bits per heavy atom. The first-order valence-electron chi connectivity index (χ1n) is 3.58. The largest absolute Gasteiger partial charge is 0.429 e. The molecule has 0 unspecified atom stereocenters. The van der Waals surface area contributed by atoms with Gasteiger partial charge in [0.2, 0.25) is 5.69 Å². The molecule has 0 fully saturated rings. The van der Waals surface area contributed by atoms with E-state index in [1.165, 1.54) is 25.4 Å². The lowest BCUT2D eigenvalue weighted by atomic mass is 10.2. The molecule has 0 aliphatic heterocycles. The minimum absolute atomic E-state index is 0.394. The van der Waals surface area contributed by atoms with Crippen LogP contribution in [0.1, 0.15) is 11.9 Å². The number of hydrogen-bond donors (Lipinski definition) is 0. The van der Waals surface area contributed by atoms with Crippen LogP contribution in [-0.4, -0.2) is 6.18 Å². The highest BCUT2D eigenvalue weighted by molar-refractivity contribution is 5.02. The second-order valence-corrected chi connectivity index (χ2v) is 2.64. The molecule has 1 aromatic rings. The summed E-state index contributed by atoms with van der Waals surface area (Å²) in [7, 11) is 1.37. The highest BCUT2D eigenvalue weighted by atomic mass is 19.4. The lowest BCUT2D eigenvalue weighted by molar-refractivity contribution is -0.684. The van der Waals surface area contributed by atoms with Gasteiger partial charge in [0.05, 0.1) is 0 Å². The van der Waals surface area contributed by atoms with Crippen LogP contribution in [0.15, 0.2) is 24.4 Å². The fraction of sp³-hybridized carbons (Fsp3) is 0.375. The second-order valence-electron chi connectivity index (χ2n) is 2.64. The molecule has 0 N–H and O–H groups in total. The highest BCUT2D eigenvalue weighted by Crippen LogP contribution is 2.33. The third-order valence-electron chi connectivity index (χ3n) is 1.64. The molecule has 0 amide bonds. The van der Waals surface area contributed by atoms with Gasteiger partial charge in [0, 0.05) is 12.1 Å². The first kappa shape index (κ1) is 9.95. The zero-order chi connectivity index (χ0) is 10.1. The van der Waals surface area contributed by atoms with E-state index in [-0.39, 0.29) is 0 Å². The number of nitrogens with zero attached hydrogens (tertiary/aromatic N) is 1. The maximum atomic E-state index is 12.8. The summed E-state index contributed by atoms with van der Waals surface area (Å²) < 4.78 is 49.6. The molecule has 1 aromatic heterocycles. The van der Waals surface area contributed by atoms with Crippen LogP contribution in [0.5, 0.6) is 0 Å². The Labute approximate surface area is 72.6 Å². The summed E-state index contributed by atoms with van der Waals surface area (Å²) in [6.07, 6.45) is -6.38. The predicted molar refractivity (Wildman–Crippen MR) is 37.5 cm³/mol. The summed E-state index contributed by atoms with van der Waals surface area (Å²) >= 11 is 0. The number of rotatable bonds is 1. The van der Waals surface area contributed by atoms with E-state index in [1.54, 1.807) is 0 Å². The van der Waals surface area contributed by atoms with Gasteiger partial charge in [0.25, 0.3) is 6.17 Å². The van der Waals surface area contributed by atoms with Crippen LogP contribution in [0.2, 0.25) is 0 Å². The fourth-order valence-corrected chi connectivity index (χ4v) is 0.968. The van der Waals surface area contributed by atoms with E-state index in [2.05, 4.69) is 0 Å². The average Bonchev–Trinajstić information content (AvgIpc) is 2.02. The molecule has 0 bridgehead atoms. The molecule has 1 heterocycles. The summed E-state index contributed by atoms with van der Waals surface area (Å²) in [4.78, 5) is 0. The van der Waals surface area contributed by atoms with E-state index in [4.69, 9.17) is 0 Å². The molecule has 1 nitrogen and oxygen atoms in total. The maximum Gasteiger partial charge on any atom is 0.429 e. The molecule has 0 aromatic carbocycles. The van der Waals surface area contributed by atoms with Crippen molar-refractivity contribution < 1.29 is 22.1 Å². The van der Waals surface area contributed by atoms with Crippen LogP contribution < -0.4 is 4.57 Å². The van der Waals surface area contributed by atoms with Crippen LogP contribution in [0, 0.1) is 0 Å². The minimum Gasteiger partial charge on any atom is -0.225 e. The van der Waals surface area contributed by atoms with E-state index >= 15 is 0 Å². The number of halogens is 4. The van der Waals surface area contributed by atoms with Crippen molar-refractivity contribution in [2.24, 2.45) is 7.05 Å². The zero-order valence-electron chi connectivity index (χ0n) is 6.85. The maximum absolute atomic E-state index is 12.8. The van der Waals surface area contributed by atoms with Gasteiger partial charge >= 0.3 is 6.18 Å². The van der Waals surface area contributed by atoms with Crippen molar-refractivity contribution >= 4 is 0 Å². The molecule has 0 aliphatic carbocycles. The van der Waals surface area contributed by atoms with Crippen molar-refractivity contribution in [1.82, 2.24) is 0 Å². The molecule has 1 atom stereocenters. The average molecular weight is 194 g/mol. The Hall–Kier alpha value is -1.13. The topological polar surface area (TPSA) is 3.88 Å². The summed E-state index contributed by atoms with van der Waals surface area (Å²) in [6.45, 7) is 0. The molecule has 0 aliphatic rings. The molecule has 5 heteroatoms. The molecular weight excluding hydrogens is 186 g/mol. The Morgan fingerprint density at radius 3 is 2.38 bits per heavy atom. The van der Waals surface area contributed by atoms with Crippen LogP contribution in [0.3, 0.4) is 0 Å². The molecule has 1 rings (SSSR count). The van der Waals surface area contributed by atoms with Gasteiger partial charge in [-0.2, -0.15) is 13.2 Å². The van der Waals surface area contributed by atoms with Gasteiger partial charge < -0.3 is 0 Å². The minimum atomic E-state index is -4.83. The smallest absolute Gasteiger partial charge is 0.225 e. The lowest BCUT2D eigenvalue weighted by Gasteiger charge is -2.09. The summed E-state index contributed by atoms with van der Waals surface area (Å²) in [5, 5.41) is 0. The van der Waals surface area contributed by atoms with Gasteiger partial charge in [0.15, 0.2) is 6.20 Å². The number of pyridine rings is 1. The van der Waals surface area contributed by atoms with E-state index in [0.29, 0.717) is 0 Å². The summed E-state index contributed by atoms with van der Waals surface area (Å²) in [6, 6.07) is 4.01. The number of aromatic nitrogens is 1. The molecule has 0 spiro atoms. The van der Waals surface area contributed by atoms with Gasteiger partial charge in [-0.05, 0) is 6.07 Å². The van der Waals surface area contributed by atoms with Crippen LogP contribution in [0.4, 0.5) is 17.6 Å². The van der Waals surface area contributed by atoms with Crippen molar-refractivity contribution in [3.63, 3.8) is 0 Å². The van der Waals surface area contributed by atoms with Crippen molar-refractivity contribution in [3.05, 3.63) is 30.1 Å². The molecule has 0 saturated heterocycles. The first-order valence-corrected chi connectivity index (χ1v) is 3.58. The Balaban J connectivity index is 3.02. The molecular formula is C8H8F4N+.